The maximum absolute atomic E-state index is 13.5. The highest BCUT2D eigenvalue weighted by molar-refractivity contribution is 8.07. The largest absolute Gasteiger partial charge is 0.390 e. The van der Waals surface area contributed by atoms with Gasteiger partial charge in [0.25, 0.3) is 0 Å². The fraction of sp³-hybridized carbons (Fsp3) is 0.163. The van der Waals surface area contributed by atoms with E-state index in [0.29, 0.717) is 19.3 Å². The van der Waals surface area contributed by atoms with Crippen LogP contribution in [0.5, 0.6) is 0 Å². The highest BCUT2D eigenvalue weighted by atomic mass is 32.8. The lowest BCUT2D eigenvalue weighted by molar-refractivity contribution is -0.107. The van der Waals surface area contributed by atoms with Crippen LogP contribution in [-0.4, -0.2) is 28.2 Å². The monoisotopic (exact) mass is 958 g/mol. The van der Waals surface area contributed by atoms with Crippen LogP contribution in [0.2, 0.25) is 0 Å². The topological polar surface area (TPSA) is 194 Å². The molecule has 0 aliphatic rings. The van der Waals surface area contributed by atoms with Gasteiger partial charge in [-0.2, -0.15) is 13.5 Å². The lowest BCUT2D eigenvalue weighted by Gasteiger charge is -2.24. The van der Waals surface area contributed by atoms with Gasteiger partial charge in [0.05, 0.1) is 52.0 Å². The zero-order chi connectivity index (χ0) is 45.9. The van der Waals surface area contributed by atoms with E-state index >= 15 is 0 Å². The third-order valence-electron chi connectivity index (χ3n) is 11.6. The second-order valence-corrected chi connectivity index (χ2v) is 18.0. The average molecular weight is 959 g/mol. The fourth-order valence-electron chi connectivity index (χ4n) is 8.30. The molecule has 326 valence electrons. The molecule has 2 heterocycles. The Bertz CT molecular complexity index is 4060. The van der Waals surface area contributed by atoms with Crippen molar-refractivity contribution in [2.45, 2.75) is 51.2 Å². The Balaban J connectivity index is 0.000000185. The molecule has 0 fully saturated rings. The number of thiophene rings is 2. The molecule has 0 radical (unpaired) electrons. The summed E-state index contributed by atoms with van der Waals surface area (Å²) in [6, 6.07) is 22.7. The van der Waals surface area contributed by atoms with Crippen LogP contribution in [0.1, 0.15) is 37.8 Å². The van der Waals surface area contributed by atoms with E-state index in [9.17, 15) is 53.4 Å². The summed E-state index contributed by atoms with van der Waals surface area (Å²) in [4.78, 5) is 116. The third kappa shape index (κ3) is 7.78. The fourth-order valence-corrected chi connectivity index (χ4v) is 10.7. The smallest absolute Gasteiger partial charge is 0.204 e. The second kappa shape index (κ2) is 18.1. The van der Waals surface area contributed by atoms with E-state index < -0.39 is 33.4 Å². The standard InChI is InChI=1S/C26H20O6S.C23H12O5S.S2.H2S/c1-26(2,32)17(27)10-8-12-7-9-15-16(11-12)21(29)19-18-20(28)13-5-3-4-6-14(13)22(30)24(18)33-25(19)23(15)31;24-9-3-4-11-7-8-14-15(10-11)19(26)17-16-18(25)12-5-1-2-6-13(12)20(27)22(16)29-23(17)21(14)28;1-2;/h3-7,9,11,17,27,32H,8,10H2,1-2H3;1-2,5-10H,3-4H2;;1H2. The molecule has 65 heavy (non-hydrogen) atoms. The van der Waals surface area contributed by atoms with Crippen LogP contribution in [0, 0.1) is 0 Å². The van der Waals surface area contributed by atoms with Gasteiger partial charge in [-0.25, -0.2) is 0 Å². The highest BCUT2D eigenvalue weighted by Gasteiger charge is 2.26. The van der Waals surface area contributed by atoms with Crippen LogP contribution in [0.25, 0.3) is 83.4 Å². The van der Waals surface area contributed by atoms with Crippen molar-refractivity contribution in [3.63, 3.8) is 0 Å². The van der Waals surface area contributed by atoms with Crippen molar-refractivity contribution < 1.29 is 15.0 Å². The van der Waals surface area contributed by atoms with Gasteiger partial charge in [-0.1, -0.05) is 60.7 Å². The number of benzene rings is 8. The number of aldehydes is 1. The first kappa shape index (κ1) is 47.0. The highest BCUT2D eigenvalue weighted by Crippen LogP contribution is 2.31. The number of fused-ring (bicyclic) bond motifs is 10. The van der Waals surface area contributed by atoms with Gasteiger partial charge >= 0.3 is 0 Å². The van der Waals surface area contributed by atoms with Gasteiger partial charge in [0, 0.05) is 71.9 Å². The molecule has 0 aliphatic heterocycles. The molecular formula is C49H34O11S5. The number of aryl methyl sites for hydroxylation is 2. The predicted molar refractivity (Wildman–Crippen MR) is 274 cm³/mol. The van der Waals surface area contributed by atoms with Crippen LogP contribution in [0.3, 0.4) is 0 Å². The van der Waals surface area contributed by atoms with Crippen molar-refractivity contribution in [3.8, 4) is 0 Å². The molecule has 11 nitrogen and oxygen atoms in total. The van der Waals surface area contributed by atoms with Crippen molar-refractivity contribution in [1.82, 2.24) is 0 Å². The lowest BCUT2D eigenvalue weighted by atomic mass is 9.94. The molecule has 2 N–H and O–H groups in total. The van der Waals surface area contributed by atoms with Gasteiger partial charge in [0.2, 0.25) is 21.7 Å². The SMILES string of the molecule is CC(C)(O)C(O)CCc1ccc2c(=O)c3sc4c(=O)c5ccccc5c(=O)c4c3c(=O)c2c1.O=CCCc1ccc2c(=O)c3sc4c(=O)c5ccccc5c(=O)c4c3c(=O)c2c1.S.S=S. The van der Waals surface area contributed by atoms with Crippen molar-refractivity contribution in [2.75, 3.05) is 0 Å². The molecule has 0 saturated carbocycles. The number of aliphatic hydroxyl groups is 2. The Hall–Kier alpha value is -5.98. The summed E-state index contributed by atoms with van der Waals surface area (Å²) in [7, 11) is 0. The summed E-state index contributed by atoms with van der Waals surface area (Å²) in [6.07, 6.45) is 1.26. The molecule has 1 atom stereocenters. The molecule has 0 spiro atoms. The molecule has 10 aromatic rings. The molecule has 2 aromatic heterocycles. The Morgan fingerprint density at radius 1 is 0.508 bits per heavy atom. The van der Waals surface area contributed by atoms with E-state index in [0.717, 1.165) is 40.1 Å². The summed E-state index contributed by atoms with van der Waals surface area (Å²) >= 11 is 9.16. The van der Waals surface area contributed by atoms with Gasteiger partial charge in [-0.05, 0) is 68.5 Å². The van der Waals surface area contributed by atoms with Crippen molar-refractivity contribution in [1.29, 1.82) is 0 Å². The van der Waals surface area contributed by atoms with Crippen molar-refractivity contribution in [3.05, 3.63) is 178 Å². The van der Waals surface area contributed by atoms with E-state index in [-0.39, 0.29) is 125 Å². The van der Waals surface area contributed by atoms with Crippen LogP contribution in [-0.2, 0) is 40.0 Å². The Labute approximate surface area is 390 Å². The average Bonchev–Trinajstić information content (AvgIpc) is 3.92. The first-order valence-corrected chi connectivity index (χ1v) is 22.7. The van der Waals surface area contributed by atoms with E-state index in [1.807, 2.05) is 0 Å². The number of rotatable bonds is 7. The molecule has 0 aliphatic carbocycles. The Morgan fingerprint density at radius 3 is 1.15 bits per heavy atom. The van der Waals surface area contributed by atoms with Crippen LogP contribution < -0.4 is 43.4 Å². The summed E-state index contributed by atoms with van der Waals surface area (Å²) in [5, 5.41) is 22.1. The maximum atomic E-state index is 13.5. The van der Waals surface area contributed by atoms with Crippen LogP contribution >= 0.6 is 36.2 Å². The van der Waals surface area contributed by atoms with Gasteiger partial charge in [0.1, 0.15) is 6.29 Å². The van der Waals surface area contributed by atoms with E-state index in [4.69, 9.17) is 0 Å². The molecule has 0 bridgehead atoms. The molecule has 1 unspecified atom stereocenters. The molecule has 0 saturated heterocycles. The van der Waals surface area contributed by atoms with Gasteiger partial charge in [-0.3, -0.25) is 38.4 Å². The number of carbonyl (C=O) groups excluding carboxylic acids is 1. The summed E-state index contributed by atoms with van der Waals surface area (Å²) in [5.41, 5.74) is -2.93. The zero-order valence-electron chi connectivity index (χ0n) is 34.3. The Morgan fingerprint density at radius 2 is 0.815 bits per heavy atom. The number of hydrogen-bond acceptors (Lipinski definition) is 15. The molecule has 16 heteroatoms. The van der Waals surface area contributed by atoms with Crippen LogP contribution in [0.15, 0.2) is 123 Å². The summed E-state index contributed by atoms with van der Waals surface area (Å²) < 4.78 is 0.543. The molecule has 0 amide bonds. The summed E-state index contributed by atoms with van der Waals surface area (Å²) in [5.74, 6) is 0. The zero-order valence-corrected chi connectivity index (χ0v) is 38.5. The van der Waals surface area contributed by atoms with Gasteiger partial charge in [-0.15, -0.1) is 22.7 Å². The predicted octanol–water partition coefficient (Wildman–Crippen LogP) is 5.66. The lowest BCUT2D eigenvalue weighted by Crippen LogP contribution is -2.36. The molecule has 8 aromatic carbocycles. The number of carbonyl (C=O) groups is 1. The number of aliphatic hydroxyl groups excluding tert-OH is 1. The van der Waals surface area contributed by atoms with Crippen molar-refractivity contribution >= 4 is 148 Å². The first-order valence-electron chi connectivity index (χ1n) is 19.8. The minimum absolute atomic E-state index is 0. The van der Waals surface area contributed by atoms with Gasteiger partial charge in [0.15, 0.2) is 21.7 Å². The van der Waals surface area contributed by atoms with Crippen LogP contribution in [0.4, 0.5) is 0 Å². The quantitative estimate of drug-likeness (QED) is 0.186. The minimum atomic E-state index is -1.26. The normalized spacial score (nSPS) is 12.1. The van der Waals surface area contributed by atoms with E-state index in [1.54, 1.807) is 84.9 Å². The first-order chi connectivity index (χ1) is 30.6. The Kier molecular flexibility index (Phi) is 13.1. The molecular weight excluding hydrogens is 925 g/mol. The van der Waals surface area contributed by atoms with E-state index in [2.05, 4.69) is 22.4 Å². The number of hydrogen-bond donors (Lipinski definition) is 2. The third-order valence-corrected chi connectivity index (χ3v) is 14.0. The maximum Gasteiger partial charge on any atom is 0.204 e. The van der Waals surface area contributed by atoms with E-state index in [1.165, 1.54) is 13.8 Å². The van der Waals surface area contributed by atoms with Gasteiger partial charge < -0.3 is 15.0 Å². The van der Waals surface area contributed by atoms with Crippen molar-refractivity contribution in [2.24, 2.45) is 0 Å². The summed E-state index contributed by atoms with van der Waals surface area (Å²) in [6.45, 7) is 3.04. The molecule has 10 rings (SSSR count). The minimum Gasteiger partial charge on any atom is -0.390 e. The second-order valence-electron chi connectivity index (χ2n) is 15.9.